The van der Waals surface area contributed by atoms with Crippen molar-refractivity contribution in [3.63, 3.8) is 0 Å². The summed E-state index contributed by atoms with van der Waals surface area (Å²) in [6.07, 6.45) is 0. The van der Waals surface area contributed by atoms with E-state index in [2.05, 4.69) is 58.9 Å². The average molecular weight is 370 g/mol. The monoisotopic (exact) mass is 370 g/mol. The Morgan fingerprint density at radius 3 is 2.50 bits per heavy atom. The summed E-state index contributed by atoms with van der Waals surface area (Å²) in [4.78, 5) is 16.7. The molecule has 0 aliphatic carbocycles. The van der Waals surface area contributed by atoms with Crippen molar-refractivity contribution in [3.05, 3.63) is 89.2 Å². The summed E-state index contributed by atoms with van der Waals surface area (Å²) < 4.78 is 7.13. The number of imidazole rings is 1. The third-order valence-electron chi connectivity index (χ3n) is 5.03. The topological polar surface area (TPSA) is 44.1 Å². The van der Waals surface area contributed by atoms with Gasteiger partial charge >= 0.3 is 5.97 Å². The Morgan fingerprint density at radius 1 is 1.00 bits per heavy atom. The Kier molecular flexibility index (Phi) is 4.70. The Bertz CT molecular complexity index is 1160. The highest BCUT2D eigenvalue weighted by molar-refractivity contribution is 5.97. The van der Waals surface area contributed by atoms with E-state index >= 15 is 0 Å². The second-order valence-corrected chi connectivity index (χ2v) is 6.97. The van der Waals surface area contributed by atoms with Crippen LogP contribution < -0.4 is 0 Å². The molecule has 4 nitrogen and oxygen atoms in total. The quantitative estimate of drug-likeness (QED) is 0.466. The van der Waals surface area contributed by atoms with Gasteiger partial charge in [0.25, 0.3) is 0 Å². The number of benzene rings is 3. The molecule has 1 aromatic heterocycles. The number of carbonyl (C=O) groups is 1. The SMILES string of the molecule is COC(=O)c1ccccc1-c1ccc(Cn2c(C)nc3cc(C)ccc32)cc1. The van der Waals surface area contributed by atoms with Gasteiger partial charge < -0.3 is 9.30 Å². The van der Waals surface area contributed by atoms with Crippen LogP contribution in [0, 0.1) is 13.8 Å². The number of hydrogen-bond acceptors (Lipinski definition) is 3. The molecule has 0 unspecified atom stereocenters. The number of nitrogens with zero attached hydrogens (tertiary/aromatic N) is 2. The first-order valence-electron chi connectivity index (χ1n) is 9.27. The van der Waals surface area contributed by atoms with Gasteiger partial charge in [0.2, 0.25) is 0 Å². The lowest BCUT2D eigenvalue weighted by molar-refractivity contribution is 0.0601. The van der Waals surface area contributed by atoms with E-state index < -0.39 is 0 Å². The molecule has 0 saturated heterocycles. The van der Waals surface area contributed by atoms with Crippen LogP contribution >= 0.6 is 0 Å². The predicted molar refractivity (Wildman–Crippen MR) is 112 cm³/mol. The van der Waals surface area contributed by atoms with Gasteiger partial charge in [0, 0.05) is 6.54 Å². The number of aromatic nitrogens is 2. The van der Waals surface area contributed by atoms with Gasteiger partial charge in [0.05, 0.1) is 23.7 Å². The molecule has 3 aromatic carbocycles. The Labute approximate surface area is 164 Å². The number of rotatable bonds is 4. The van der Waals surface area contributed by atoms with E-state index in [-0.39, 0.29) is 5.97 Å². The highest BCUT2D eigenvalue weighted by Crippen LogP contribution is 2.25. The number of fused-ring (bicyclic) bond motifs is 1. The molecule has 0 bridgehead atoms. The fourth-order valence-electron chi connectivity index (χ4n) is 3.55. The minimum Gasteiger partial charge on any atom is -0.465 e. The van der Waals surface area contributed by atoms with Crippen molar-refractivity contribution in [2.75, 3.05) is 7.11 Å². The van der Waals surface area contributed by atoms with Crippen LogP contribution in [0.4, 0.5) is 0 Å². The second-order valence-electron chi connectivity index (χ2n) is 6.97. The molecule has 28 heavy (non-hydrogen) atoms. The molecular formula is C24H22N2O2. The molecule has 0 saturated carbocycles. The van der Waals surface area contributed by atoms with E-state index in [1.165, 1.54) is 18.2 Å². The first-order valence-corrected chi connectivity index (χ1v) is 9.27. The van der Waals surface area contributed by atoms with Gasteiger partial charge in [-0.05, 0) is 54.3 Å². The fourth-order valence-corrected chi connectivity index (χ4v) is 3.55. The van der Waals surface area contributed by atoms with E-state index in [0.29, 0.717) is 5.56 Å². The maximum atomic E-state index is 12.0. The van der Waals surface area contributed by atoms with Crippen LogP contribution in [0.15, 0.2) is 66.7 Å². The Hall–Kier alpha value is -3.40. The fraction of sp³-hybridized carbons (Fsp3) is 0.167. The zero-order valence-electron chi connectivity index (χ0n) is 16.3. The molecule has 0 N–H and O–H groups in total. The minimum absolute atomic E-state index is 0.324. The highest BCUT2D eigenvalue weighted by Gasteiger charge is 2.13. The molecule has 1 heterocycles. The van der Waals surface area contributed by atoms with Gasteiger partial charge in [-0.25, -0.2) is 9.78 Å². The number of esters is 1. The van der Waals surface area contributed by atoms with Gasteiger partial charge in [-0.3, -0.25) is 0 Å². The number of hydrogen-bond donors (Lipinski definition) is 0. The summed E-state index contributed by atoms with van der Waals surface area (Å²) in [6.45, 7) is 4.87. The first kappa shape index (κ1) is 18.0. The lowest BCUT2D eigenvalue weighted by atomic mass is 9.98. The van der Waals surface area contributed by atoms with Crippen LogP contribution in [0.2, 0.25) is 0 Å². The van der Waals surface area contributed by atoms with Crippen LogP contribution in [-0.2, 0) is 11.3 Å². The molecular weight excluding hydrogens is 348 g/mol. The molecule has 0 radical (unpaired) electrons. The van der Waals surface area contributed by atoms with Gasteiger partial charge in [0.15, 0.2) is 0 Å². The van der Waals surface area contributed by atoms with E-state index in [4.69, 9.17) is 4.74 Å². The molecule has 0 aliphatic rings. The van der Waals surface area contributed by atoms with E-state index in [1.54, 1.807) is 6.07 Å². The molecule has 4 heteroatoms. The van der Waals surface area contributed by atoms with Crippen molar-refractivity contribution in [1.29, 1.82) is 0 Å². The summed E-state index contributed by atoms with van der Waals surface area (Å²) in [6, 6.07) is 22.2. The van der Waals surface area contributed by atoms with E-state index in [0.717, 1.165) is 34.5 Å². The number of carbonyl (C=O) groups excluding carboxylic acids is 1. The van der Waals surface area contributed by atoms with Crippen molar-refractivity contribution in [1.82, 2.24) is 9.55 Å². The van der Waals surface area contributed by atoms with Crippen molar-refractivity contribution in [3.8, 4) is 11.1 Å². The van der Waals surface area contributed by atoms with Crippen LogP contribution in [0.25, 0.3) is 22.2 Å². The molecule has 0 fully saturated rings. The van der Waals surface area contributed by atoms with Crippen LogP contribution in [-0.4, -0.2) is 22.6 Å². The molecule has 0 atom stereocenters. The summed E-state index contributed by atoms with van der Waals surface area (Å²) in [5.41, 5.74) is 7.01. The van der Waals surface area contributed by atoms with Crippen molar-refractivity contribution >= 4 is 17.0 Å². The third kappa shape index (κ3) is 3.29. The largest absolute Gasteiger partial charge is 0.465 e. The van der Waals surface area contributed by atoms with Gasteiger partial charge in [-0.1, -0.05) is 48.5 Å². The molecule has 4 rings (SSSR count). The normalized spacial score (nSPS) is 11.0. The first-order chi connectivity index (χ1) is 13.6. The lowest BCUT2D eigenvalue weighted by Crippen LogP contribution is -2.04. The average Bonchev–Trinajstić information content (AvgIpc) is 3.02. The van der Waals surface area contributed by atoms with Gasteiger partial charge in [-0.2, -0.15) is 0 Å². The highest BCUT2D eigenvalue weighted by atomic mass is 16.5. The van der Waals surface area contributed by atoms with Gasteiger partial charge in [0.1, 0.15) is 5.82 Å². The maximum Gasteiger partial charge on any atom is 0.338 e. The smallest absolute Gasteiger partial charge is 0.338 e. The molecule has 0 amide bonds. The van der Waals surface area contributed by atoms with Crippen molar-refractivity contribution in [2.24, 2.45) is 0 Å². The zero-order valence-corrected chi connectivity index (χ0v) is 16.3. The van der Waals surface area contributed by atoms with Crippen LogP contribution in [0.3, 0.4) is 0 Å². The molecule has 0 spiro atoms. The Balaban J connectivity index is 1.65. The molecule has 4 aromatic rings. The minimum atomic E-state index is -0.324. The van der Waals surface area contributed by atoms with Crippen LogP contribution in [0.5, 0.6) is 0 Å². The second kappa shape index (κ2) is 7.31. The summed E-state index contributed by atoms with van der Waals surface area (Å²) in [5.74, 6) is 0.677. The van der Waals surface area contributed by atoms with Crippen molar-refractivity contribution in [2.45, 2.75) is 20.4 Å². The summed E-state index contributed by atoms with van der Waals surface area (Å²) >= 11 is 0. The zero-order chi connectivity index (χ0) is 19.7. The number of ether oxygens (including phenoxy) is 1. The van der Waals surface area contributed by atoms with Crippen molar-refractivity contribution < 1.29 is 9.53 Å². The standard InChI is InChI=1S/C24H22N2O2/c1-16-8-13-23-22(14-16)25-17(2)26(23)15-18-9-11-19(12-10-18)20-6-4-5-7-21(20)24(27)28-3/h4-14H,15H2,1-3H3. The summed E-state index contributed by atoms with van der Waals surface area (Å²) in [5, 5.41) is 0. The number of methoxy groups -OCH3 is 1. The van der Waals surface area contributed by atoms with Gasteiger partial charge in [-0.15, -0.1) is 0 Å². The maximum absolute atomic E-state index is 12.0. The molecule has 0 aliphatic heterocycles. The lowest BCUT2D eigenvalue weighted by Gasteiger charge is -2.10. The predicted octanol–water partition coefficient (Wildman–Crippen LogP) is 5.16. The third-order valence-corrected chi connectivity index (χ3v) is 5.03. The van der Waals surface area contributed by atoms with Crippen LogP contribution in [0.1, 0.15) is 27.3 Å². The summed E-state index contributed by atoms with van der Waals surface area (Å²) in [7, 11) is 1.40. The van der Waals surface area contributed by atoms with E-state index in [9.17, 15) is 4.79 Å². The van der Waals surface area contributed by atoms with E-state index in [1.807, 2.05) is 25.1 Å². The molecule has 140 valence electrons. The number of aryl methyl sites for hydroxylation is 2. The Morgan fingerprint density at radius 2 is 1.75 bits per heavy atom.